The van der Waals surface area contributed by atoms with Gasteiger partial charge in [-0.05, 0) is 48.9 Å². The summed E-state index contributed by atoms with van der Waals surface area (Å²) < 4.78 is 0. The lowest BCUT2D eigenvalue weighted by molar-refractivity contribution is 0.297. The number of allylic oxidation sites excluding steroid dienone is 2. The summed E-state index contributed by atoms with van der Waals surface area (Å²) in [4.78, 5) is 0. The fourth-order valence-corrected chi connectivity index (χ4v) is 3.15. The normalized spacial score (nSPS) is 49.3. The highest BCUT2D eigenvalue weighted by Gasteiger charge is 2.50. The topological polar surface area (TPSA) is 0 Å². The van der Waals surface area contributed by atoms with Gasteiger partial charge in [-0.3, -0.25) is 0 Å². The first-order valence-electron chi connectivity index (χ1n) is 5.82. The number of fused-ring (bicyclic) bond motifs is 1. The lowest BCUT2D eigenvalue weighted by Crippen LogP contribution is -2.15. The monoisotopic (exact) mass is 178 g/mol. The van der Waals surface area contributed by atoms with Crippen molar-refractivity contribution < 1.29 is 0 Å². The van der Waals surface area contributed by atoms with Crippen LogP contribution >= 0.6 is 0 Å². The Balaban J connectivity index is 2.08. The predicted octanol–water partition coefficient (Wildman–Crippen LogP) is 4.02. The largest absolute Gasteiger partial charge is 0.0880 e. The van der Waals surface area contributed by atoms with Crippen LogP contribution in [0, 0.1) is 23.2 Å². The summed E-state index contributed by atoms with van der Waals surface area (Å²) in [5, 5.41) is 0. The fourth-order valence-electron chi connectivity index (χ4n) is 3.15. The van der Waals surface area contributed by atoms with Crippen LogP contribution < -0.4 is 0 Å². The smallest absolute Gasteiger partial charge is 0.0210 e. The number of hydrogen-bond acceptors (Lipinski definition) is 0. The zero-order valence-electron chi connectivity index (χ0n) is 9.22. The summed E-state index contributed by atoms with van der Waals surface area (Å²) >= 11 is 0. The molecule has 4 unspecified atom stereocenters. The van der Waals surface area contributed by atoms with E-state index in [0.29, 0.717) is 0 Å². The molecule has 2 aliphatic carbocycles. The minimum Gasteiger partial charge on any atom is -0.0880 e. The summed E-state index contributed by atoms with van der Waals surface area (Å²) in [6.45, 7) is 7.24. The third-order valence-corrected chi connectivity index (χ3v) is 4.33. The van der Waals surface area contributed by atoms with Crippen LogP contribution in [0.1, 0.15) is 46.5 Å². The molecule has 4 atom stereocenters. The molecule has 0 bridgehead atoms. The molecule has 0 N–H and O–H groups in total. The Bertz CT molecular complexity index is 216. The fraction of sp³-hybridized carbons (Fsp3) is 0.846. The maximum Gasteiger partial charge on any atom is -0.0210 e. The van der Waals surface area contributed by atoms with Gasteiger partial charge in [0.05, 0.1) is 0 Å². The summed E-state index contributed by atoms with van der Waals surface area (Å²) in [7, 11) is 0. The molecule has 0 amide bonds. The maximum atomic E-state index is 2.49. The summed E-state index contributed by atoms with van der Waals surface area (Å²) in [5.74, 6) is 2.76. The Labute approximate surface area is 82.4 Å². The summed E-state index contributed by atoms with van der Waals surface area (Å²) in [6, 6.07) is 0. The molecule has 0 heteroatoms. The van der Waals surface area contributed by atoms with Crippen LogP contribution in [0.15, 0.2) is 12.2 Å². The van der Waals surface area contributed by atoms with Gasteiger partial charge in [0.15, 0.2) is 0 Å². The van der Waals surface area contributed by atoms with Crippen molar-refractivity contribution in [3.05, 3.63) is 12.2 Å². The Kier molecular flexibility index (Phi) is 2.25. The van der Waals surface area contributed by atoms with Crippen molar-refractivity contribution in [3.8, 4) is 0 Å². The van der Waals surface area contributed by atoms with Gasteiger partial charge in [-0.25, -0.2) is 0 Å². The molecule has 74 valence electrons. The van der Waals surface area contributed by atoms with E-state index in [-0.39, 0.29) is 0 Å². The molecule has 0 nitrogen and oxygen atoms in total. The lowest BCUT2D eigenvalue weighted by atomic mass is 9.80. The van der Waals surface area contributed by atoms with Crippen LogP contribution in [0.4, 0.5) is 0 Å². The van der Waals surface area contributed by atoms with Gasteiger partial charge in [0.1, 0.15) is 0 Å². The third kappa shape index (κ3) is 1.68. The van der Waals surface area contributed by atoms with Crippen LogP contribution in [-0.4, -0.2) is 0 Å². The molecule has 0 aromatic carbocycles. The van der Waals surface area contributed by atoms with E-state index >= 15 is 0 Å². The molecule has 0 radical (unpaired) electrons. The summed E-state index contributed by atoms with van der Waals surface area (Å²) in [6.07, 6.45) is 10.5. The van der Waals surface area contributed by atoms with Crippen LogP contribution in [0.2, 0.25) is 0 Å². The van der Waals surface area contributed by atoms with Crippen LogP contribution in [0.5, 0.6) is 0 Å². The predicted molar refractivity (Wildman–Crippen MR) is 57.5 cm³/mol. The molecule has 0 aliphatic heterocycles. The Morgan fingerprint density at radius 2 is 2.15 bits per heavy atom. The molecule has 2 aliphatic rings. The van der Waals surface area contributed by atoms with Crippen molar-refractivity contribution in [2.75, 3.05) is 0 Å². The van der Waals surface area contributed by atoms with Gasteiger partial charge >= 0.3 is 0 Å². The lowest BCUT2D eigenvalue weighted by Gasteiger charge is -2.25. The first kappa shape index (κ1) is 9.30. The van der Waals surface area contributed by atoms with E-state index in [1.165, 1.54) is 25.7 Å². The Morgan fingerprint density at radius 3 is 2.85 bits per heavy atom. The number of hydrogen-bond donors (Lipinski definition) is 0. The zero-order valence-corrected chi connectivity index (χ0v) is 9.22. The zero-order chi connectivity index (χ0) is 9.47. The van der Waals surface area contributed by atoms with Gasteiger partial charge in [0, 0.05) is 0 Å². The minimum absolute atomic E-state index is 0.720. The SMILES string of the molecule is CCC1C=CCC2CC2(C)CC1C. The summed E-state index contributed by atoms with van der Waals surface area (Å²) in [5.41, 5.74) is 0.720. The van der Waals surface area contributed by atoms with Crippen molar-refractivity contribution in [2.45, 2.75) is 46.5 Å². The highest BCUT2D eigenvalue weighted by Crippen LogP contribution is 2.59. The van der Waals surface area contributed by atoms with E-state index in [1.807, 2.05) is 0 Å². The van der Waals surface area contributed by atoms with Gasteiger partial charge in [-0.1, -0.05) is 32.9 Å². The van der Waals surface area contributed by atoms with E-state index in [4.69, 9.17) is 0 Å². The second kappa shape index (κ2) is 3.15. The van der Waals surface area contributed by atoms with Gasteiger partial charge in [0.2, 0.25) is 0 Å². The Morgan fingerprint density at radius 1 is 1.38 bits per heavy atom. The molecular weight excluding hydrogens is 156 g/mol. The van der Waals surface area contributed by atoms with Crippen LogP contribution in [0.3, 0.4) is 0 Å². The van der Waals surface area contributed by atoms with Gasteiger partial charge in [-0.2, -0.15) is 0 Å². The van der Waals surface area contributed by atoms with E-state index in [9.17, 15) is 0 Å². The average Bonchev–Trinajstić information content (AvgIpc) is 2.66. The highest BCUT2D eigenvalue weighted by molar-refractivity contribution is 5.07. The van der Waals surface area contributed by atoms with Crippen molar-refractivity contribution >= 4 is 0 Å². The van der Waals surface area contributed by atoms with E-state index in [1.54, 1.807) is 0 Å². The quantitative estimate of drug-likeness (QED) is 0.532. The Hall–Kier alpha value is -0.260. The first-order valence-corrected chi connectivity index (χ1v) is 5.82. The first-order chi connectivity index (χ1) is 6.15. The average molecular weight is 178 g/mol. The third-order valence-electron chi connectivity index (χ3n) is 4.33. The van der Waals surface area contributed by atoms with Gasteiger partial charge in [-0.15, -0.1) is 0 Å². The van der Waals surface area contributed by atoms with Crippen LogP contribution in [-0.2, 0) is 0 Å². The number of rotatable bonds is 1. The van der Waals surface area contributed by atoms with Gasteiger partial charge < -0.3 is 0 Å². The molecular formula is C13H22. The molecule has 0 aromatic rings. The molecule has 13 heavy (non-hydrogen) atoms. The molecule has 0 saturated heterocycles. The molecule has 0 spiro atoms. The van der Waals surface area contributed by atoms with E-state index < -0.39 is 0 Å². The van der Waals surface area contributed by atoms with Crippen molar-refractivity contribution in [3.63, 3.8) is 0 Å². The highest BCUT2D eigenvalue weighted by atomic mass is 14.5. The molecule has 0 aromatic heterocycles. The van der Waals surface area contributed by atoms with Crippen molar-refractivity contribution in [2.24, 2.45) is 23.2 Å². The molecule has 2 rings (SSSR count). The van der Waals surface area contributed by atoms with Gasteiger partial charge in [0.25, 0.3) is 0 Å². The standard InChI is InChI=1S/C13H22/c1-4-11-6-5-7-12-9-13(12,3)8-10(11)2/h5-6,10-12H,4,7-9H2,1-3H3. The molecule has 1 saturated carbocycles. The maximum absolute atomic E-state index is 2.49. The van der Waals surface area contributed by atoms with E-state index in [2.05, 4.69) is 32.9 Å². The minimum atomic E-state index is 0.720. The molecule has 1 fully saturated rings. The van der Waals surface area contributed by atoms with E-state index in [0.717, 1.165) is 23.2 Å². The van der Waals surface area contributed by atoms with Crippen molar-refractivity contribution in [1.29, 1.82) is 0 Å². The second-order valence-corrected chi connectivity index (χ2v) is 5.47. The van der Waals surface area contributed by atoms with Crippen molar-refractivity contribution in [1.82, 2.24) is 0 Å². The molecule has 0 heterocycles. The van der Waals surface area contributed by atoms with Crippen LogP contribution in [0.25, 0.3) is 0 Å². The second-order valence-electron chi connectivity index (χ2n) is 5.47.